The zero-order chi connectivity index (χ0) is 21.2. The van der Waals surface area contributed by atoms with Crippen molar-refractivity contribution in [3.63, 3.8) is 0 Å². The number of rotatable bonds is 6. The molecule has 0 saturated carbocycles. The van der Waals surface area contributed by atoms with Gasteiger partial charge in [-0.15, -0.1) is 11.3 Å². The number of hydrogen-bond donors (Lipinski definition) is 2. The number of hydrogen-bond acceptors (Lipinski definition) is 5. The Bertz CT molecular complexity index is 847. The average Bonchev–Trinajstić information content (AvgIpc) is 3.29. The van der Waals surface area contributed by atoms with E-state index in [4.69, 9.17) is 4.42 Å². The Hall–Kier alpha value is -2.12. The minimum atomic E-state index is -0.322. The van der Waals surface area contributed by atoms with E-state index in [1.54, 1.807) is 12.1 Å². The van der Waals surface area contributed by atoms with Crippen LogP contribution in [0, 0.1) is 18.8 Å². The SMILES string of the molecule is Cc1cc(NC(=O)c2ccco2)sc1C(=O)NCC(C)(C)N1CC(C)CC(C)C1. The molecule has 0 aromatic carbocycles. The van der Waals surface area contributed by atoms with Crippen LogP contribution in [0.4, 0.5) is 5.00 Å². The molecule has 6 nitrogen and oxygen atoms in total. The van der Waals surface area contributed by atoms with Crippen molar-refractivity contribution in [1.29, 1.82) is 0 Å². The Morgan fingerprint density at radius 3 is 2.55 bits per heavy atom. The highest BCUT2D eigenvalue weighted by atomic mass is 32.1. The fourth-order valence-corrected chi connectivity index (χ4v) is 4.98. The number of nitrogens with zero attached hydrogens (tertiary/aromatic N) is 1. The highest BCUT2D eigenvalue weighted by molar-refractivity contribution is 7.18. The molecule has 3 rings (SSSR count). The van der Waals surface area contributed by atoms with Gasteiger partial charge in [-0.05, 0) is 62.8 Å². The summed E-state index contributed by atoms with van der Waals surface area (Å²) in [7, 11) is 0. The van der Waals surface area contributed by atoms with Gasteiger partial charge in [-0.2, -0.15) is 0 Å². The third kappa shape index (κ3) is 5.28. The van der Waals surface area contributed by atoms with E-state index in [9.17, 15) is 9.59 Å². The van der Waals surface area contributed by atoms with Crippen molar-refractivity contribution >= 4 is 28.2 Å². The first kappa shape index (κ1) is 21.6. The number of anilines is 1. The van der Waals surface area contributed by atoms with E-state index in [1.165, 1.54) is 24.0 Å². The van der Waals surface area contributed by atoms with Crippen LogP contribution in [0.1, 0.15) is 59.9 Å². The summed E-state index contributed by atoms with van der Waals surface area (Å²) >= 11 is 1.28. The second-order valence-electron chi connectivity index (χ2n) is 8.90. The zero-order valence-electron chi connectivity index (χ0n) is 17.9. The van der Waals surface area contributed by atoms with E-state index >= 15 is 0 Å². The normalized spacial score (nSPS) is 20.4. The topological polar surface area (TPSA) is 74.6 Å². The summed E-state index contributed by atoms with van der Waals surface area (Å²) in [4.78, 5) is 28.1. The standard InChI is InChI=1S/C22H31N3O3S/c1-14-9-15(2)12-25(11-14)22(4,5)13-23-21(27)19-16(3)10-18(29-19)24-20(26)17-7-6-8-28-17/h6-8,10,14-15H,9,11-13H2,1-5H3,(H,23,27)(H,24,26). The van der Waals surface area contributed by atoms with Crippen molar-refractivity contribution in [3.8, 4) is 0 Å². The van der Waals surface area contributed by atoms with Gasteiger partial charge in [-0.1, -0.05) is 13.8 Å². The summed E-state index contributed by atoms with van der Waals surface area (Å²) in [5.74, 6) is 1.17. The number of likely N-dealkylation sites (tertiary alicyclic amines) is 1. The van der Waals surface area contributed by atoms with Crippen LogP contribution in [-0.2, 0) is 0 Å². The van der Waals surface area contributed by atoms with Gasteiger partial charge in [-0.3, -0.25) is 14.5 Å². The van der Waals surface area contributed by atoms with Crippen LogP contribution in [0.3, 0.4) is 0 Å². The Labute approximate surface area is 176 Å². The van der Waals surface area contributed by atoms with Crippen molar-refractivity contribution in [2.45, 2.75) is 46.6 Å². The first-order valence-corrected chi connectivity index (χ1v) is 11.0. The van der Waals surface area contributed by atoms with Crippen molar-refractivity contribution in [2.75, 3.05) is 25.0 Å². The first-order chi connectivity index (χ1) is 13.7. The minimum absolute atomic E-state index is 0.0998. The number of carbonyl (C=O) groups excluding carboxylic acids is 2. The lowest BCUT2D eigenvalue weighted by Crippen LogP contribution is -2.56. The number of aryl methyl sites for hydroxylation is 1. The van der Waals surface area contributed by atoms with Gasteiger partial charge in [0.2, 0.25) is 0 Å². The Morgan fingerprint density at radius 1 is 1.24 bits per heavy atom. The number of amides is 2. The predicted molar refractivity (Wildman–Crippen MR) is 117 cm³/mol. The summed E-state index contributed by atoms with van der Waals surface area (Å²) in [6, 6.07) is 5.09. The number of carbonyl (C=O) groups is 2. The molecule has 2 N–H and O–H groups in total. The van der Waals surface area contributed by atoms with Crippen LogP contribution >= 0.6 is 11.3 Å². The van der Waals surface area contributed by atoms with Gasteiger partial charge in [0.1, 0.15) is 0 Å². The van der Waals surface area contributed by atoms with E-state index < -0.39 is 0 Å². The van der Waals surface area contributed by atoms with Gasteiger partial charge >= 0.3 is 0 Å². The maximum absolute atomic E-state index is 12.8. The fourth-order valence-electron chi connectivity index (χ4n) is 4.00. The fraction of sp³-hybridized carbons (Fsp3) is 0.545. The lowest BCUT2D eigenvalue weighted by molar-refractivity contribution is 0.0445. The summed E-state index contributed by atoms with van der Waals surface area (Å²) in [6.45, 7) is 13.6. The first-order valence-electron chi connectivity index (χ1n) is 10.1. The molecule has 2 atom stereocenters. The largest absolute Gasteiger partial charge is 0.459 e. The molecule has 1 aliphatic heterocycles. The second kappa shape index (κ2) is 8.71. The molecule has 158 valence electrons. The van der Waals surface area contributed by atoms with E-state index in [0.29, 0.717) is 28.3 Å². The zero-order valence-corrected chi connectivity index (χ0v) is 18.7. The van der Waals surface area contributed by atoms with Crippen molar-refractivity contribution < 1.29 is 14.0 Å². The second-order valence-corrected chi connectivity index (χ2v) is 9.95. The summed E-state index contributed by atoms with van der Waals surface area (Å²) in [5, 5.41) is 6.52. The molecule has 0 aliphatic carbocycles. The molecule has 0 bridgehead atoms. The van der Waals surface area contributed by atoms with E-state index in [0.717, 1.165) is 18.7 Å². The van der Waals surface area contributed by atoms with Gasteiger partial charge in [0.15, 0.2) is 5.76 Å². The highest BCUT2D eigenvalue weighted by Gasteiger charge is 2.33. The van der Waals surface area contributed by atoms with E-state index in [1.807, 2.05) is 13.0 Å². The molecule has 0 radical (unpaired) electrons. The Morgan fingerprint density at radius 2 is 1.93 bits per heavy atom. The lowest BCUT2D eigenvalue weighted by Gasteiger charge is -2.45. The molecular formula is C22H31N3O3S. The molecule has 0 spiro atoms. The van der Waals surface area contributed by atoms with Crippen LogP contribution in [0.15, 0.2) is 28.9 Å². The molecule has 3 heterocycles. The average molecular weight is 418 g/mol. The smallest absolute Gasteiger partial charge is 0.291 e. The predicted octanol–water partition coefficient (Wildman–Crippen LogP) is 4.39. The van der Waals surface area contributed by atoms with Gasteiger partial charge in [0, 0.05) is 25.2 Å². The molecule has 29 heavy (non-hydrogen) atoms. The number of furan rings is 1. The number of thiophene rings is 1. The van der Waals surface area contributed by atoms with E-state index in [-0.39, 0.29) is 23.1 Å². The molecule has 1 aliphatic rings. The van der Waals surface area contributed by atoms with Crippen LogP contribution in [0.25, 0.3) is 0 Å². The van der Waals surface area contributed by atoms with Crippen LogP contribution in [-0.4, -0.2) is 41.9 Å². The maximum atomic E-state index is 12.8. The van der Waals surface area contributed by atoms with Crippen LogP contribution in [0.5, 0.6) is 0 Å². The number of piperidine rings is 1. The number of nitrogens with one attached hydrogen (secondary N) is 2. The van der Waals surface area contributed by atoms with Gasteiger partial charge in [0.05, 0.1) is 16.1 Å². The van der Waals surface area contributed by atoms with Crippen LogP contribution in [0.2, 0.25) is 0 Å². The van der Waals surface area contributed by atoms with Crippen molar-refractivity contribution in [1.82, 2.24) is 10.2 Å². The Kier molecular flexibility index (Phi) is 6.49. The molecule has 2 aromatic heterocycles. The van der Waals surface area contributed by atoms with Gasteiger partial charge in [-0.25, -0.2) is 0 Å². The van der Waals surface area contributed by atoms with Gasteiger partial charge < -0.3 is 15.1 Å². The minimum Gasteiger partial charge on any atom is -0.459 e. The quantitative estimate of drug-likeness (QED) is 0.731. The lowest BCUT2D eigenvalue weighted by atomic mass is 9.88. The van der Waals surface area contributed by atoms with Crippen molar-refractivity contribution in [3.05, 3.63) is 40.7 Å². The molecule has 1 fully saturated rings. The summed E-state index contributed by atoms with van der Waals surface area (Å²) in [6.07, 6.45) is 2.72. The summed E-state index contributed by atoms with van der Waals surface area (Å²) < 4.78 is 5.11. The Balaban J connectivity index is 1.60. The van der Waals surface area contributed by atoms with Gasteiger partial charge in [0.25, 0.3) is 11.8 Å². The monoisotopic (exact) mass is 417 g/mol. The van der Waals surface area contributed by atoms with E-state index in [2.05, 4.69) is 43.2 Å². The molecular weight excluding hydrogens is 386 g/mol. The van der Waals surface area contributed by atoms with Crippen molar-refractivity contribution in [2.24, 2.45) is 11.8 Å². The third-order valence-corrected chi connectivity index (χ3v) is 6.66. The molecule has 1 saturated heterocycles. The summed E-state index contributed by atoms with van der Waals surface area (Å²) in [5.41, 5.74) is 0.736. The molecule has 7 heteroatoms. The maximum Gasteiger partial charge on any atom is 0.291 e. The molecule has 2 unspecified atom stereocenters. The van der Waals surface area contributed by atoms with Crippen LogP contribution < -0.4 is 10.6 Å². The highest BCUT2D eigenvalue weighted by Crippen LogP contribution is 2.29. The molecule has 2 aromatic rings. The third-order valence-electron chi connectivity index (χ3n) is 5.51. The molecule has 2 amide bonds.